The number of carbonyl (C=O) groups is 1. The van der Waals surface area contributed by atoms with Crippen LogP contribution < -0.4 is 5.32 Å². The second kappa shape index (κ2) is 12.3. The Morgan fingerprint density at radius 3 is 2.30 bits per heavy atom. The molecule has 0 radical (unpaired) electrons. The Morgan fingerprint density at radius 2 is 1.64 bits per heavy atom. The van der Waals surface area contributed by atoms with Crippen LogP contribution in [-0.2, 0) is 26.3 Å². The molecule has 1 fully saturated rings. The number of rotatable bonds is 9. The lowest BCUT2D eigenvalue weighted by atomic mass is 9.99. The van der Waals surface area contributed by atoms with Gasteiger partial charge < -0.3 is 5.32 Å². The predicted octanol–water partition coefficient (Wildman–Crippen LogP) is 5.89. The van der Waals surface area contributed by atoms with Gasteiger partial charge in [0, 0.05) is 31.1 Å². The van der Waals surface area contributed by atoms with Crippen molar-refractivity contribution >= 4 is 74.1 Å². The molecule has 1 saturated heterocycles. The quantitative estimate of drug-likeness (QED) is 0.382. The van der Waals surface area contributed by atoms with Crippen molar-refractivity contribution in [1.29, 1.82) is 0 Å². The number of carbonyl (C=O) groups excluding carboxylic acids is 1. The molecule has 0 aromatic heterocycles. The van der Waals surface area contributed by atoms with Gasteiger partial charge >= 0.3 is 0 Å². The SMILES string of the molecule is O=C(NCCSCc1ccc(Cl)c(Cl)c1)[C@@H]1CCCN(S(=O)(=O)Cc2ccc(Cl)c(Cl)c2)C1. The lowest BCUT2D eigenvalue weighted by molar-refractivity contribution is -0.125. The number of hydrogen-bond acceptors (Lipinski definition) is 4. The number of sulfonamides is 1. The predicted molar refractivity (Wildman–Crippen MR) is 139 cm³/mol. The first-order valence-corrected chi connectivity index (χ1v) is 14.6. The number of thioether (sulfide) groups is 1. The number of hydrogen-bond donors (Lipinski definition) is 1. The molecule has 2 aromatic rings. The molecule has 1 amide bonds. The third-order valence-corrected chi connectivity index (χ3v) is 9.60. The minimum atomic E-state index is -3.57. The lowest BCUT2D eigenvalue weighted by Gasteiger charge is -2.31. The van der Waals surface area contributed by atoms with Gasteiger partial charge in [0.15, 0.2) is 0 Å². The molecule has 5 nitrogen and oxygen atoms in total. The van der Waals surface area contributed by atoms with Gasteiger partial charge in [-0.3, -0.25) is 4.79 Å². The van der Waals surface area contributed by atoms with E-state index in [1.807, 2.05) is 12.1 Å². The van der Waals surface area contributed by atoms with Crippen LogP contribution in [0.4, 0.5) is 0 Å². The van der Waals surface area contributed by atoms with Gasteiger partial charge in [0.1, 0.15) is 0 Å². The van der Waals surface area contributed by atoms with E-state index in [1.165, 1.54) is 4.31 Å². The van der Waals surface area contributed by atoms with E-state index in [1.54, 1.807) is 36.0 Å². The van der Waals surface area contributed by atoms with Gasteiger partial charge in [-0.05, 0) is 48.2 Å². The molecule has 180 valence electrons. The molecule has 1 aliphatic rings. The molecule has 1 N–H and O–H groups in total. The van der Waals surface area contributed by atoms with E-state index >= 15 is 0 Å². The fourth-order valence-electron chi connectivity index (χ4n) is 3.55. The molecule has 0 spiro atoms. The van der Waals surface area contributed by atoms with Crippen molar-refractivity contribution in [2.24, 2.45) is 5.92 Å². The highest BCUT2D eigenvalue weighted by Gasteiger charge is 2.32. The van der Waals surface area contributed by atoms with Crippen LogP contribution in [0.2, 0.25) is 20.1 Å². The topological polar surface area (TPSA) is 66.5 Å². The second-order valence-electron chi connectivity index (χ2n) is 7.79. The van der Waals surface area contributed by atoms with Crippen molar-refractivity contribution in [2.75, 3.05) is 25.4 Å². The zero-order valence-corrected chi connectivity index (χ0v) is 22.4. The van der Waals surface area contributed by atoms with Gasteiger partial charge in [0.25, 0.3) is 0 Å². The summed E-state index contributed by atoms with van der Waals surface area (Å²) in [7, 11) is -3.57. The molecule has 0 aliphatic carbocycles. The van der Waals surface area contributed by atoms with Crippen LogP contribution in [0.15, 0.2) is 36.4 Å². The van der Waals surface area contributed by atoms with E-state index in [2.05, 4.69) is 5.32 Å². The summed E-state index contributed by atoms with van der Waals surface area (Å²) >= 11 is 25.5. The Bertz CT molecular complexity index is 1100. The summed E-state index contributed by atoms with van der Waals surface area (Å²) in [5.74, 6) is 0.848. The molecule has 33 heavy (non-hydrogen) atoms. The van der Waals surface area contributed by atoms with Crippen LogP contribution in [0.5, 0.6) is 0 Å². The first-order chi connectivity index (χ1) is 15.7. The van der Waals surface area contributed by atoms with Crippen molar-refractivity contribution in [2.45, 2.75) is 24.3 Å². The van der Waals surface area contributed by atoms with Crippen molar-refractivity contribution in [3.05, 3.63) is 67.6 Å². The van der Waals surface area contributed by atoms with E-state index in [0.717, 1.165) is 17.1 Å². The smallest absolute Gasteiger partial charge is 0.224 e. The zero-order valence-electron chi connectivity index (χ0n) is 17.7. The average Bonchev–Trinajstić information content (AvgIpc) is 2.78. The van der Waals surface area contributed by atoms with Crippen LogP contribution in [0, 0.1) is 5.92 Å². The second-order valence-corrected chi connectivity index (χ2v) is 12.5. The Labute approximate surface area is 219 Å². The molecule has 11 heteroatoms. The van der Waals surface area contributed by atoms with E-state index in [9.17, 15) is 13.2 Å². The average molecular weight is 570 g/mol. The van der Waals surface area contributed by atoms with Crippen LogP contribution in [-0.4, -0.2) is 44.0 Å². The number of nitrogens with one attached hydrogen (secondary N) is 1. The Hall–Kier alpha value is -0.670. The third-order valence-electron chi connectivity index (χ3n) is 5.28. The highest BCUT2D eigenvalue weighted by molar-refractivity contribution is 7.98. The molecule has 3 rings (SSSR count). The molecule has 0 unspecified atom stereocenters. The summed E-state index contributed by atoms with van der Waals surface area (Å²) in [5, 5.41) is 4.68. The van der Waals surface area contributed by atoms with E-state index in [4.69, 9.17) is 46.4 Å². The molecular formula is C22H24Cl4N2O3S2. The minimum Gasteiger partial charge on any atom is -0.355 e. The number of benzene rings is 2. The first-order valence-electron chi connectivity index (χ1n) is 10.4. The monoisotopic (exact) mass is 568 g/mol. The molecule has 1 aliphatic heterocycles. The highest BCUT2D eigenvalue weighted by Crippen LogP contribution is 2.27. The van der Waals surface area contributed by atoms with E-state index < -0.39 is 10.0 Å². The maximum atomic E-state index is 12.9. The van der Waals surface area contributed by atoms with Crippen molar-refractivity contribution in [3.8, 4) is 0 Å². The van der Waals surface area contributed by atoms with Gasteiger partial charge in [-0.15, -0.1) is 0 Å². The fourth-order valence-corrected chi connectivity index (χ4v) is 6.60. The molecule has 2 aromatic carbocycles. The summed E-state index contributed by atoms with van der Waals surface area (Å²) in [5.41, 5.74) is 1.63. The number of nitrogens with zero attached hydrogens (tertiary/aromatic N) is 1. The molecule has 1 atom stereocenters. The molecule has 0 bridgehead atoms. The normalized spacial score (nSPS) is 17.2. The number of amides is 1. The van der Waals surface area contributed by atoms with Crippen LogP contribution >= 0.6 is 58.2 Å². The number of halogens is 4. The van der Waals surface area contributed by atoms with Gasteiger partial charge in [-0.25, -0.2) is 12.7 Å². The molecular weight excluding hydrogens is 546 g/mol. The van der Waals surface area contributed by atoms with Crippen molar-refractivity contribution in [3.63, 3.8) is 0 Å². The van der Waals surface area contributed by atoms with Crippen LogP contribution in [0.3, 0.4) is 0 Å². The van der Waals surface area contributed by atoms with Crippen LogP contribution in [0.25, 0.3) is 0 Å². The standard InChI is InChI=1S/C22H24Cl4N2O3S2/c23-18-5-3-15(10-20(18)25)13-32-9-7-27-22(29)17-2-1-8-28(12-17)33(30,31)14-16-4-6-19(24)21(26)11-16/h3-6,10-11,17H,1-2,7-9,12-14H2,(H,27,29)/t17-/m1/s1. The Kier molecular flexibility index (Phi) is 10.1. The van der Waals surface area contributed by atoms with E-state index in [-0.39, 0.29) is 24.1 Å². The fraction of sp³-hybridized carbons (Fsp3) is 0.409. The molecule has 1 heterocycles. The summed E-state index contributed by atoms with van der Waals surface area (Å²) < 4.78 is 27.2. The zero-order chi connectivity index (χ0) is 24.0. The first kappa shape index (κ1) is 26.9. The number of piperidine rings is 1. The van der Waals surface area contributed by atoms with Gasteiger partial charge in [-0.2, -0.15) is 11.8 Å². The highest BCUT2D eigenvalue weighted by atomic mass is 35.5. The lowest BCUT2D eigenvalue weighted by Crippen LogP contribution is -2.46. The van der Waals surface area contributed by atoms with Gasteiger partial charge in [0.2, 0.25) is 15.9 Å². The maximum Gasteiger partial charge on any atom is 0.224 e. The Balaban J connectivity index is 1.45. The summed E-state index contributed by atoms with van der Waals surface area (Å²) in [6.07, 6.45) is 1.31. The van der Waals surface area contributed by atoms with Crippen molar-refractivity contribution in [1.82, 2.24) is 9.62 Å². The van der Waals surface area contributed by atoms with Gasteiger partial charge in [0.05, 0.1) is 31.8 Å². The summed E-state index contributed by atoms with van der Waals surface area (Å²) in [4.78, 5) is 12.6. The summed E-state index contributed by atoms with van der Waals surface area (Å²) in [6.45, 7) is 1.11. The largest absolute Gasteiger partial charge is 0.355 e. The third kappa shape index (κ3) is 7.92. The summed E-state index contributed by atoms with van der Waals surface area (Å²) in [6, 6.07) is 10.3. The Morgan fingerprint density at radius 1 is 1.00 bits per heavy atom. The minimum absolute atomic E-state index is 0.112. The maximum absolute atomic E-state index is 12.9. The van der Waals surface area contributed by atoms with Crippen molar-refractivity contribution < 1.29 is 13.2 Å². The van der Waals surface area contributed by atoms with E-state index in [0.29, 0.717) is 51.6 Å². The van der Waals surface area contributed by atoms with Gasteiger partial charge in [-0.1, -0.05) is 58.5 Å². The molecule has 0 saturated carbocycles. The van der Waals surface area contributed by atoms with Crippen LogP contribution in [0.1, 0.15) is 24.0 Å².